The Morgan fingerprint density at radius 2 is 2.13 bits per heavy atom. The van der Waals surface area contributed by atoms with Crippen LogP contribution in [0.15, 0.2) is 29.1 Å². The fourth-order valence-corrected chi connectivity index (χ4v) is 4.06. The summed E-state index contributed by atoms with van der Waals surface area (Å²) in [4.78, 5) is 57.6. The molecule has 2 aromatic rings. The monoisotopic (exact) mass is 426 g/mol. The van der Waals surface area contributed by atoms with Crippen molar-refractivity contribution in [3.05, 3.63) is 50.3 Å². The summed E-state index contributed by atoms with van der Waals surface area (Å²) in [7, 11) is 0. The second-order valence-corrected chi connectivity index (χ2v) is 7.79. The highest BCUT2D eigenvalue weighted by molar-refractivity contribution is 6.04. The standard InChI is InChI=1S/C20H22N6O5/c1-11-5-2-3-8-25(11)20-23-17-16(19(29)24-20)14(10-15(27)22-17)18(28)21-12-6-4-7-13(9-12)26(30)31/h4,6-7,9,11,14H,2-3,5,8,10H2,1H3,(H,21,28)(H2,22,23,24,27,29)/t11-,14+/m0/s1. The van der Waals surface area contributed by atoms with Crippen LogP contribution in [0.25, 0.3) is 0 Å². The van der Waals surface area contributed by atoms with Crippen molar-refractivity contribution in [1.82, 2.24) is 9.97 Å². The van der Waals surface area contributed by atoms with E-state index < -0.39 is 28.2 Å². The summed E-state index contributed by atoms with van der Waals surface area (Å²) in [6, 6.07) is 5.65. The minimum Gasteiger partial charge on any atom is -0.340 e. The molecule has 162 valence electrons. The maximum atomic E-state index is 12.9. The molecule has 3 N–H and O–H groups in total. The number of benzene rings is 1. The van der Waals surface area contributed by atoms with Crippen molar-refractivity contribution in [1.29, 1.82) is 0 Å². The van der Waals surface area contributed by atoms with E-state index in [-0.39, 0.29) is 35.2 Å². The summed E-state index contributed by atoms with van der Waals surface area (Å²) in [5, 5.41) is 16.1. The summed E-state index contributed by atoms with van der Waals surface area (Å²) in [5.41, 5.74) is -0.387. The first-order valence-corrected chi connectivity index (χ1v) is 10.1. The van der Waals surface area contributed by atoms with Gasteiger partial charge in [0.25, 0.3) is 11.2 Å². The van der Waals surface area contributed by atoms with Gasteiger partial charge >= 0.3 is 0 Å². The largest absolute Gasteiger partial charge is 0.340 e. The van der Waals surface area contributed by atoms with Crippen LogP contribution in [-0.4, -0.2) is 39.3 Å². The molecule has 1 fully saturated rings. The van der Waals surface area contributed by atoms with E-state index in [0.29, 0.717) is 5.95 Å². The van der Waals surface area contributed by atoms with E-state index in [2.05, 4.69) is 20.6 Å². The van der Waals surface area contributed by atoms with E-state index in [4.69, 9.17) is 0 Å². The van der Waals surface area contributed by atoms with Crippen molar-refractivity contribution in [3.8, 4) is 0 Å². The Morgan fingerprint density at radius 1 is 1.32 bits per heavy atom. The quantitative estimate of drug-likeness (QED) is 0.500. The van der Waals surface area contributed by atoms with Gasteiger partial charge in [-0.15, -0.1) is 0 Å². The molecule has 1 aromatic heterocycles. The van der Waals surface area contributed by atoms with Crippen molar-refractivity contribution in [3.63, 3.8) is 0 Å². The van der Waals surface area contributed by atoms with Crippen LogP contribution in [-0.2, 0) is 9.59 Å². The molecule has 4 rings (SSSR count). The van der Waals surface area contributed by atoms with Gasteiger partial charge in [0.1, 0.15) is 5.82 Å². The molecule has 0 saturated carbocycles. The van der Waals surface area contributed by atoms with E-state index in [9.17, 15) is 24.5 Å². The predicted octanol–water partition coefficient (Wildman–Crippen LogP) is 2.12. The van der Waals surface area contributed by atoms with Crippen LogP contribution in [0.2, 0.25) is 0 Å². The Labute approximate surface area is 177 Å². The summed E-state index contributed by atoms with van der Waals surface area (Å²) < 4.78 is 0. The van der Waals surface area contributed by atoms with Gasteiger partial charge in [-0.2, -0.15) is 4.98 Å². The Morgan fingerprint density at radius 3 is 2.87 bits per heavy atom. The maximum absolute atomic E-state index is 12.9. The average molecular weight is 426 g/mol. The number of rotatable bonds is 4. The zero-order valence-electron chi connectivity index (χ0n) is 16.9. The second-order valence-electron chi connectivity index (χ2n) is 7.79. The van der Waals surface area contributed by atoms with Gasteiger partial charge in [0, 0.05) is 36.8 Å². The highest BCUT2D eigenvalue weighted by Gasteiger charge is 2.35. The number of nitro groups is 1. The van der Waals surface area contributed by atoms with Crippen LogP contribution in [0.5, 0.6) is 0 Å². The number of hydrogen-bond acceptors (Lipinski definition) is 7. The third-order valence-corrected chi connectivity index (χ3v) is 5.65. The topological polar surface area (TPSA) is 150 Å². The number of H-pyrrole nitrogens is 1. The Hall–Kier alpha value is -3.76. The molecule has 0 spiro atoms. The van der Waals surface area contributed by atoms with Gasteiger partial charge in [-0.05, 0) is 32.3 Å². The molecule has 11 nitrogen and oxygen atoms in total. The van der Waals surface area contributed by atoms with Gasteiger partial charge in [0.15, 0.2) is 0 Å². The lowest BCUT2D eigenvalue weighted by molar-refractivity contribution is -0.384. The predicted molar refractivity (Wildman–Crippen MR) is 113 cm³/mol. The number of fused-ring (bicyclic) bond motifs is 1. The number of piperidine rings is 1. The van der Waals surface area contributed by atoms with Crippen LogP contribution >= 0.6 is 0 Å². The summed E-state index contributed by atoms with van der Waals surface area (Å²) >= 11 is 0. The SMILES string of the molecule is C[C@H]1CCCCN1c1nc2c(c(=O)[nH]1)[C@H](C(=O)Nc1cccc([N+](=O)[O-])c1)CC(=O)N2. The number of amides is 2. The number of aromatic nitrogens is 2. The highest BCUT2D eigenvalue weighted by atomic mass is 16.6. The Kier molecular flexibility index (Phi) is 5.40. The van der Waals surface area contributed by atoms with E-state index in [1.807, 2.05) is 11.8 Å². The molecule has 0 aliphatic carbocycles. The lowest BCUT2D eigenvalue weighted by atomic mass is 9.92. The molecule has 0 bridgehead atoms. The van der Waals surface area contributed by atoms with Crippen molar-refractivity contribution < 1.29 is 14.5 Å². The Bertz CT molecular complexity index is 1110. The molecule has 0 radical (unpaired) electrons. The van der Waals surface area contributed by atoms with Gasteiger partial charge in [-0.25, -0.2) is 0 Å². The number of nitrogens with one attached hydrogen (secondary N) is 3. The van der Waals surface area contributed by atoms with Crippen LogP contribution in [0.3, 0.4) is 0 Å². The minimum atomic E-state index is -1.06. The van der Waals surface area contributed by atoms with Crippen molar-refractivity contribution in [2.75, 3.05) is 22.1 Å². The van der Waals surface area contributed by atoms with Crippen molar-refractivity contribution in [2.45, 2.75) is 44.6 Å². The molecule has 2 amide bonds. The van der Waals surface area contributed by atoms with Gasteiger partial charge in [-0.3, -0.25) is 29.5 Å². The van der Waals surface area contributed by atoms with Crippen molar-refractivity contribution in [2.24, 2.45) is 0 Å². The second kappa shape index (κ2) is 8.17. The molecule has 0 unspecified atom stereocenters. The Balaban J connectivity index is 1.65. The third kappa shape index (κ3) is 4.11. The molecule has 3 heterocycles. The molecular weight excluding hydrogens is 404 g/mol. The average Bonchev–Trinajstić information content (AvgIpc) is 2.73. The molecule has 2 aliphatic heterocycles. The van der Waals surface area contributed by atoms with E-state index >= 15 is 0 Å². The number of carbonyl (C=O) groups excluding carboxylic acids is 2. The number of hydrogen-bond donors (Lipinski definition) is 3. The smallest absolute Gasteiger partial charge is 0.271 e. The summed E-state index contributed by atoms with van der Waals surface area (Å²) in [5.74, 6) is -1.65. The number of anilines is 3. The number of nitrogens with zero attached hydrogens (tertiary/aromatic N) is 3. The van der Waals surface area contributed by atoms with Gasteiger partial charge in [0.2, 0.25) is 17.8 Å². The lowest BCUT2D eigenvalue weighted by Crippen LogP contribution is -2.41. The van der Waals surface area contributed by atoms with E-state index in [1.54, 1.807) is 0 Å². The van der Waals surface area contributed by atoms with Crippen LogP contribution in [0, 0.1) is 10.1 Å². The number of aromatic amines is 1. The highest BCUT2D eigenvalue weighted by Crippen LogP contribution is 2.31. The first-order valence-electron chi connectivity index (χ1n) is 10.1. The lowest BCUT2D eigenvalue weighted by Gasteiger charge is -2.34. The molecule has 1 aromatic carbocycles. The maximum Gasteiger partial charge on any atom is 0.271 e. The van der Waals surface area contributed by atoms with Crippen LogP contribution < -0.4 is 21.1 Å². The first-order chi connectivity index (χ1) is 14.8. The minimum absolute atomic E-state index is 0.0759. The fraction of sp³-hybridized carbons (Fsp3) is 0.400. The third-order valence-electron chi connectivity index (χ3n) is 5.65. The first kappa shape index (κ1) is 20.5. The van der Waals surface area contributed by atoms with Crippen LogP contribution in [0.4, 0.5) is 23.1 Å². The van der Waals surface area contributed by atoms with Gasteiger partial charge in [-0.1, -0.05) is 6.07 Å². The molecule has 2 aliphatic rings. The molecule has 1 saturated heterocycles. The molecular formula is C20H22N6O5. The number of nitro benzene ring substituents is 1. The zero-order chi connectivity index (χ0) is 22.1. The summed E-state index contributed by atoms with van der Waals surface area (Å²) in [6.45, 7) is 2.79. The number of non-ortho nitro benzene ring substituents is 1. The van der Waals surface area contributed by atoms with Crippen LogP contribution in [0.1, 0.15) is 44.1 Å². The fourth-order valence-electron chi connectivity index (χ4n) is 4.06. The number of carbonyl (C=O) groups is 2. The zero-order valence-corrected chi connectivity index (χ0v) is 16.9. The van der Waals surface area contributed by atoms with Gasteiger partial charge in [0.05, 0.1) is 16.4 Å². The van der Waals surface area contributed by atoms with E-state index in [0.717, 1.165) is 25.8 Å². The molecule has 2 atom stereocenters. The normalized spacial score (nSPS) is 20.5. The summed E-state index contributed by atoms with van der Waals surface area (Å²) in [6.07, 6.45) is 2.83. The van der Waals surface area contributed by atoms with E-state index in [1.165, 1.54) is 24.3 Å². The van der Waals surface area contributed by atoms with Crippen molar-refractivity contribution >= 4 is 35.0 Å². The van der Waals surface area contributed by atoms with Gasteiger partial charge < -0.3 is 15.5 Å². The molecule has 31 heavy (non-hydrogen) atoms. The molecule has 11 heteroatoms.